The number of fused-ring (bicyclic) bond motifs is 2. The maximum absolute atomic E-state index is 13.1. The number of benzene rings is 4. The molecule has 0 bridgehead atoms. The molecule has 0 atom stereocenters. The summed E-state index contributed by atoms with van der Waals surface area (Å²) < 4.78 is 86.4. The van der Waals surface area contributed by atoms with E-state index >= 15 is 0 Å². The van der Waals surface area contributed by atoms with Gasteiger partial charge < -0.3 is 14.4 Å². The first-order valence-electron chi connectivity index (χ1n) is 17.9. The largest absolute Gasteiger partial charge is 0.508 e. The molecule has 4 heterocycles. The number of nitrogens with one attached hydrogen (secondary N) is 2. The van der Waals surface area contributed by atoms with E-state index in [9.17, 15) is 45.5 Å². The number of aromatic nitrogens is 8. The van der Waals surface area contributed by atoms with Crippen LogP contribution in [0, 0.1) is 0 Å². The molecular weight excluding hydrogens is 953 g/mol. The molecule has 0 aliphatic heterocycles. The van der Waals surface area contributed by atoms with Gasteiger partial charge >= 0.3 is 29.7 Å². The SMILES string of the molecule is Cn1c(=O)[nH]c(=O)c2c1nc(Br)n2Cc1ccc(Cl)cc1.Cn1c(=O)[nH]c(=O)c2c1nc(Oc1cccc(C(F)(F)F)c1)n2Cc1ccc(Cl)cc1.Oc1cccc(C(F)(F)F)c1. The van der Waals surface area contributed by atoms with Crippen molar-refractivity contribution < 1.29 is 36.2 Å². The van der Waals surface area contributed by atoms with E-state index in [0.717, 1.165) is 40.0 Å². The van der Waals surface area contributed by atoms with Crippen molar-refractivity contribution in [1.29, 1.82) is 0 Å². The van der Waals surface area contributed by atoms with Crippen LogP contribution in [0.3, 0.4) is 0 Å². The molecule has 8 aromatic rings. The van der Waals surface area contributed by atoms with E-state index in [1.165, 1.54) is 34.4 Å². The van der Waals surface area contributed by atoms with Crippen LogP contribution >= 0.6 is 39.1 Å². The van der Waals surface area contributed by atoms with E-state index in [4.69, 9.17) is 33.0 Å². The van der Waals surface area contributed by atoms with Crippen molar-refractivity contribution in [2.24, 2.45) is 14.1 Å². The van der Waals surface area contributed by atoms with Crippen LogP contribution in [0.2, 0.25) is 10.0 Å². The van der Waals surface area contributed by atoms with Gasteiger partial charge in [0.15, 0.2) is 27.1 Å². The second-order valence-corrected chi connectivity index (χ2v) is 14.9. The van der Waals surface area contributed by atoms with Crippen LogP contribution in [0.5, 0.6) is 17.5 Å². The standard InChI is InChI=1S/C20H14ClF3N4O3.C13H10BrClN4O2.C7H5F3O/c1-27-16-15(17(29)26-18(27)30)28(10-11-5-7-13(21)8-6-11)19(25-16)31-14-4-2-3-12(9-14)20(22,23)24;1-18-10-9(11(20)17-13(18)21)19(12(14)16-10)6-7-2-4-8(15)5-3-7;8-7(9,10)5-2-1-3-6(11)4-5/h2-9H,10H2,1H3,(H,26,29,30);2-5H,6H2,1H3,(H,17,20,21);1-4,11H. The van der Waals surface area contributed by atoms with E-state index < -0.39 is 46.0 Å². The summed E-state index contributed by atoms with van der Waals surface area (Å²) in [5, 5.41) is 9.84. The van der Waals surface area contributed by atoms with Crippen LogP contribution < -0.4 is 27.2 Å². The Morgan fingerprint density at radius 1 is 0.651 bits per heavy atom. The van der Waals surface area contributed by atoms with E-state index in [2.05, 4.69) is 35.9 Å². The normalized spacial score (nSPS) is 11.5. The average molecular weight is 983 g/mol. The number of hydrogen-bond donors (Lipinski definition) is 3. The smallest absolute Gasteiger partial charge is 0.416 e. The lowest BCUT2D eigenvalue weighted by atomic mass is 10.2. The number of halogens is 9. The number of imidazole rings is 2. The van der Waals surface area contributed by atoms with Crippen LogP contribution in [0.25, 0.3) is 22.3 Å². The number of phenols is 1. The van der Waals surface area contributed by atoms with Gasteiger partial charge in [0.25, 0.3) is 11.1 Å². The molecule has 14 nitrogen and oxygen atoms in total. The van der Waals surface area contributed by atoms with Gasteiger partial charge in [-0.05, 0) is 87.7 Å². The van der Waals surface area contributed by atoms with Gasteiger partial charge in [-0.2, -0.15) is 31.3 Å². The van der Waals surface area contributed by atoms with Crippen LogP contribution in [0.4, 0.5) is 26.3 Å². The zero-order valence-corrected chi connectivity index (χ0v) is 35.3. The number of phenolic OH excluding ortho intramolecular Hbond substituents is 1. The lowest BCUT2D eigenvalue weighted by Gasteiger charge is -2.11. The molecule has 0 aliphatic carbocycles. The number of hydrogen-bond acceptors (Lipinski definition) is 8. The molecule has 0 fully saturated rings. The molecule has 4 aromatic heterocycles. The average Bonchev–Trinajstić information content (AvgIpc) is 3.75. The highest BCUT2D eigenvalue weighted by Crippen LogP contribution is 2.34. The lowest BCUT2D eigenvalue weighted by molar-refractivity contribution is -0.138. The molecule has 0 radical (unpaired) electrons. The monoisotopic (exact) mass is 980 g/mol. The zero-order chi connectivity index (χ0) is 46.0. The Morgan fingerprint density at radius 2 is 1.10 bits per heavy atom. The second kappa shape index (κ2) is 18.4. The molecule has 0 unspecified atom stereocenters. The quantitative estimate of drug-likeness (QED) is 0.110. The Labute approximate surface area is 367 Å². The number of aromatic hydroxyl groups is 1. The molecule has 4 aromatic carbocycles. The fourth-order valence-corrected chi connectivity index (χ4v) is 6.58. The van der Waals surface area contributed by atoms with Crippen molar-refractivity contribution in [2.45, 2.75) is 25.4 Å². The summed E-state index contributed by atoms with van der Waals surface area (Å²) in [6.45, 7) is 0.540. The third-order valence-corrected chi connectivity index (χ3v) is 10.1. The number of aryl methyl sites for hydroxylation is 2. The first kappa shape index (κ1) is 45.9. The van der Waals surface area contributed by atoms with Gasteiger partial charge in [0.05, 0.1) is 24.2 Å². The van der Waals surface area contributed by atoms with Gasteiger partial charge in [-0.1, -0.05) is 59.6 Å². The van der Waals surface area contributed by atoms with Gasteiger partial charge in [-0.15, -0.1) is 0 Å². The van der Waals surface area contributed by atoms with E-state index in [1.54, 1.807) is 48.0 Å². The Balaban J connectivity index is 0.000000177. The molecule has 8 rings (SSSR count). The van der Waals surface area contributed by atoms with Crippen molar-refractivity contribution in [2.75, 3.05) is 0 Å². The topological polar surface area (TPSA) is 175 Å². The summed E-state index contributed by atoms with van der Waals surface area (Å²) in [7, 11) is 2.97. The van der Waals surface area contributed by atoms with Crippen molar-refractivity contribution in [3.63, 3.8) is 0 Å². The predicted molar refractivity (Wildman–Crippen MR) is 225 cm³/mol. The summed E-state index contributed by atoms with van der Waals surface area (Å²) in [5.74, 6) is -0.497. The Bertz CT molecular complexity index is 3200. The number of alkyl halides is 6. The predicted octanol–water partition coefficient (Wildman–Crippen LogP) is 8.23. The summed E-state index contributed by atoms with van der Waals surface area (Å²) in [6.07, 6.45) is -8.93. The molecule has 23 heteroatoms. The van der Waals surface area contributed by atoms with Crippen LogP contribution in [-0.2, 0) is 39.5 Å². The van der Waals surface area contributed by atoms with Crippen LogP contribution in [0.15, 0.2) is 121 Å². The number of aromatic amines is 2. The fourth-order valence-electron chi connectivity index (χ4n) is 5.86. The number of H-pyrrole nitrogens is 2. The third-order valence-electron chi connectivity index (χ3n) is 8.98. The van der Waals surface area contributed by atoms with Gasteiger partial charge in [0.1, 0.15) is 11.5 Å². The Hall–Kier alpha value is -6.58. The lowest BCUT2D eigenvalue weighted by Crippen LogP contribution is -2.29. The highest BCUT2D eigenvalue weighted by molar-refractivity contribution is 9.10. The minimum absolute atomic E-state index is 0.0321. The summed E-state index contributed by atoms with van der Waals surface area (Å²) in [4.78, 5) is 61.1. The van der Waals surface area contributed by atoms with Gasteiger partial charge in [-0.3, -0.25) is 33.3 Å². The van der Waals surface area contributed by atoms with Gasteiger partial charge in [-0.25, -0.2) is 14.6 Å². The van der Waals surface area contributed by atoms with Crippen molar-refractivity contribution in [3.8, 4) is 17.5 Å². The highest BCUT2D eigenvalue weighted by atomic mass is 79.9. The maximum atomic E-state index is 13.1. The summed E-state index contributed by atoms with van der Waals surface area (Å²) in [5.41, 5.74) is -1.60. The first-order chi connectivity index (χ1) is 29.6. The third kappa shape index (κ3) is 10.7. The van der Waals surface area contributed by atoms with Crippen LogP contribution in [-0.4, -0.2) is 43.3 Å². The summed E-state index contributed by atoms with van der Waals surface area (Å²) in [6, 6.07) is 22.1. The molecule has 0 aliphatic rings. The van der Waals surface area contributed by atoms with E-state index in [1.807, 2.05) is 12.1 Å². The van der Waals surface area contributed by atoms with Crippen molar-refractivity contribution in [1.82, 2.24) is 38.2 Å². The first-order valence-corrected chi connectivity index (χ1v) is 19.4. The Morgan fingerprint density at radius 3 is 1.57 bits per heavy atom. The molecule has 0 amide bonds. The molecule has 63 heavy (non-hydrogen) atoms. The van der Waals surface area contributed by atoms with E-state index in [-0.39, 0.29) is 35.2 Å². The minimum atomic E-state index is -4.55. The molecule has 0 spiro atoms. The highest BCUT2D eigenvalue weighted by Gasteiger charge is 2.31. The molecule has 0 saturated carbocycles. The molecular formula is C40H29BrCl2F6N8O6. The zero-order valence-electron chi connectivity index (χ0n) is 32.2. The minimum Gasteiger partial charge on any atom is -0.508 e. The number of rotatable bonds is 6. The van der Waals surface area contributed by atoms with Gasteiger partial charge in [0, 0.05) is 24.1 Å². The molecule has 328 valence electrons. The Kier molecular flexibility index (Phi) is 13.4. The van der Waals surface area contributed by atoms with Crippen molar-refractivity contribution >= 4 is 61.5 Å². The fraction of sp³-hybridized carbons (Fsp3) is 0.150. The summed E-state index contributed by atoms with van der Waals surface area (Å²) >= 11 is 15.1. The second-order valence-electron chi connectivity index (χ2n) is 13.4. The molecule has 0 saturated heterocycles. The number of nitrogens with zero attached hydrogens (tertiary/aromatic N) is 6. The maximum Gasteiger partial charge on any atom is 0.416 e. The number of ether oxygens (including phenoxy) is 1. The van der Waals surface area contributed by atoms with E-state index in [0.29, 0.717) is 38.6 Å². The van der Waals surface area contributed by atoms with Crippen LogP contribution in [0.1, 0.15) is 22.3 Å². The molecule has 3 N–H and O–H groups in total. The van der Waals surface area contributed by atoms with Gasteiger partial charge in [0.2, 0.25) is 0 Å². The van der Waals surface area contributed by atoms with Crippen molar-refractivity contribution in [3.05, 3.63) is 176 Å².